The molecule has 0 saturated carbocycles. The number of rotatable bonds is 5. The number of carbonyl (C=O) groups is 1. The van der Waals surface area contributed by atoms with Gasteiger partial charge in [-0.2, -0.15) is 0 Å². The Bertz CT molecular complexity index is 366. The first-order valence-corrected chi connectivity index (χ1v) is 5.48. The molecular formula is C12H18N2O2. The summed E-state index contributed by atoms with van der Waals surface area (Å²) in [6.45, 7) is 4.20. The molecule has 0 aliphatic heterocycles. The molecule has 1 aromatic rings. The fraction of sp³-hybridized carbons (Fsp3) is 0.500. The van der Waals surface area contributed by atoms with Gasteiger partial charge in [-0.05, 0) is 19.4 Å². The summed E-state index contributed by atoms with van der Waals surface area (Å²) in [5.41, 5.74) is 0.983. The standard InChI is InChI=1S/C12H18N2O2/c1-4-5-9(2)14(3)11-8-13-7-6-10(11)12(15)16/h6-9H,4-5H2,1-3H3,(H,15,16). The van der Waals surface area contributed by atoms with E-state index in [9.17, 15) is 4.79 Å². The highest BCUT2D eigenvalue weighted by Gasteiger charge is 2.16. The van der Waals surface area contributed by atoms with E-state index in [0.29, 0.717) is 17.3 Å². The molecule has 4 heteroatoms. The van der Waals surface area contributed by atoms with Crippen LogP contribution < -0.4 is 4.90 Å². The average Bonchev–Trinajstić information content (AvgIpc) is 2.28. The topological polar surface area (TPSA) is 53.4 Å². The fourth-order valence-electron chi connectivity index (χ4n) is 1.70. The van der Waals surface area contributed by atoms with Crippen molar-refractivity contribution in [1.82, 2.24) is 4.98 Å². The predicted molar refractivity (Wildman–Crippen MR) is 64.0 cm³/mol. The van der Waals surface area contributed by atoms with Crippen molar-refractivity contribution in [1.29, 1.82) is 0 Å². The molecule has 1 rings (SSSR count). The number of anilines is 1. The Morgan fingerprint density at radius 2 is 2.31 bits per heavy atom. The molecule has 88 valence electrons. The molecule has 0 spiro atoms. The second-order valence-electron chi connectivity index (χ2n) is 3.95. The minimum atomic E-state index is -0.909. The monoisotopic (exact) mass is 222 g/mol. The fourth-order valence-corrected chi connectivity index (χ4v) is 1.70. The van der Waals surface area contributed by atoms with Crippen molar-refractivity contribution in [2.45, 2.75) is 32.7 Å². The molecule has 0 saturated heterocycles. The normalized spacial score (nSPS) is 12.2. The van der Waals surface area contributed by atoms with Gasteiger partial charge < -0.3 is 10.0 Å². The van der Waals surface area contributed by atoms with Crippen molar-refractivity contribution in [3.8, 4) is 0 Å². The number of hydrogen-bond donors (Lipinski definition) is 1. The lowest BCUT2D eigenvalue weighted by Gasteiger charge is -2.27. The molecule has 1 aromatic heterocycles. The predicted octanol–water partition coefficient (Wildman–Crippen LogP) is 2.40. The number of nitrogens with zero attached hydrogens (tertiary/aromatic N) is 2. The molecule has 1 heterocycles. The highest BCUT2D eigenvalue weighted by Crippen LogP contribution is 2.21. The van der Waals surface area contributed by atoms with Gasteiger partial charge in [0.25, 0.3) is 0 Å². The van der Waals surface area contributed by atoms with Crippen molar-refractivity contribution in [2.24, 2.45) is 0 Å². The van der Waals surface area contributed by atoms with Crippen LogP contribution in [0.1, 0.15) is 37.0 Å². The van der Waals surface area contributed by atoms with Gasteiger partial charge in [0.2, 0.25) is 0 Å². The zero-order valence-electron chi connectivity index (χ0n) is 9.97. The SMILES string of the molecule is CCCC(C)N(C)c1cnccc1C(=O)O. The molecule has 0 aliphatic rings. The van der Waals surface area contributed by atoms with Gasteiger partial charge in [0, 0.05) is 19.3 Å². The number of carboxylic acid groups (broad SMARTS) is 1. The molecule has 0 radical (unpaired) electrons. The smallest absolute Gasteiger partial charge is 0.337 e. The number of carboxylic acids is 1. The van der Waals surface area contributed by atoms with Crippen LogP contribution in [0.5, 0.6) is 0 Å². The summed E-state index contributed by atoms with van der Waals surface area (Å²) >= 11 is 0. The van der Waals surface area contributed by atoms with E-state index < -0.39 is 5.97 Å². The largest absolute Gasteiger partial charge is 0.478 e. The second-order valence-corrected chi connectivity index (χ2v) is 3.95. The summed E-state index contributed by atoms with van der Waals surface area (Å²) in [6, 6.07) is 1.85. The molecular weight excluding hydrogens is 204 g/mol. The lowest BCUT2D eigenvalue weighted by molar-refractivity contribution is 0.0697. The Labute approximate surface area is 95.9 Å². The number of hydrogen-bond acceptors (Lipinski definition) is 3. The maximum absolute atomic E-state index is 11.1. The van der Waals surface area contributed by atoms with Gasteiger partial charge in [-0.25, -0.2) is 4.79 Å². The van der Waals surface area contributed by atoms with Gasteiger partial charge >= 0.3 is 5.97 Å². The molecule has 1 N–H and O–H groups in total. The second kappa shape index (κ2) is 5.49. The van der Waals surface area contributed by atoms with E-state index in [1.165, 1.54) is 12.3 Å². The number of aromatic nitrogens is 1. The highest BCUT2D eigenvalue weighted by atomic mass is 16.4. The Hall–Kier alpha value is -1.58. The van der Waals surface area contributed by atoms with Gasteiger partial charge in [0.15, 0.2) is 0 Å². The zero-order chi connectivity index (χ0) is 12.1. The summed E-state index contributed by atoms with van der Waals surface area (Å²) in [5.74, 6) is -0.909. The summed E-state index contributed by atoms with van der Waals surface area (Å²) in [7, 11) is 1.91. The van der Waals surface area contributed by atoms with Gasteiger partial charge in [-0.15, -0.1) is 0 Å². The first kappa shape index (κ1) is 12.5. The van der Waals surface area contributed by atoms with Gasteiger partial charge in [-0.3, -0.25) is 4.98 Å². The van der Waals surface area contributed by atoms with Crippen LogP contribution in [0.2, 0.25) is 0 Å². The van der Waals surface area contributed by atoms with E-state index >= 15 is 0 Å². The van der Waals surface area contributed by atoms with Crippen molar-refractivity contribution in [2.75, 3.05) is 11.9 Å². The van der Waals surface area contributed by atoms with Crippen LogP contribution in [0.4, 0.5) is 5.69 Å². The molecule has 0 bridgehead atoms. The van der Waals surface area contributed by atoms with Gasteiger partial charge in [-0.1, -0.05) is 13.3 Å². The molecule has 0 aliphatic carbocycles. The molecule has 0 fully saturated rings. The highest BCUT2D eigenvalue weighted by molar-refractivity contribution is 5.94. The van der Waals surface area contributed by atoms with Crippen molar-refractivity contribution in [3.63, 3.8) is 0 Å². The third-order valence-corrected chi connectivity index (χ3v) is 2.78. The van der Waals surface area contributed by atoms with E-state index in [0.717, 1.165) is 12.8 Å². The van der Waals surface area contributed by atoms with Gasteiger partial charge in [0.05, 0.1) is 17.4 Å². The van der Waals surface area contributed by atoms with Crippen molar-refractivity contribution < 1.29 is 9.90 Å². The molecule has 16 heavy (non-hydrogen) atoms. The molecule has 1 unspecified atom stereocenters. The number of aromatic carboxylic acids is 1. The minimum Gasteiger partial charge on any atom is -0.478 e. The third-order valence-electron chi connectivity index (χ3n) is 2.78. The van der Waals surface area contributed by atoms with E-state index in [1.54, 1.807) is 6.20 Å². The van der Waals surface area contributed by atoms with E-state index in [1.807, 2.05) is 11.9 Å². The Morgan fingerprint density at radius 1 is 1.62 bits per heavy atom. The molecule has 4 nitrogen and oxygen atoms in total. The van der Waals surface area contributed by atoms with Gasteiger partial charge in [0.1, 0.15) is 0 Å². The summed E-state index contributed by atoms with van der Waals surface area (Å²) in [4.78, 5) is 17.0. The van der Waals surface area contributed by atoms with E-state index in [2.05, 4.69) is 18.8 Å². The maximum Gasteiger partial charge on any atom is 0.337 e. The van der Waals surface area contributed by atoms with E-state index in [-0.39, 0.29) is 0 Å². The zero-order valence-corrected chi connectivity index (χ0v) is 9.97. The maximum atomic E-state index is 11.1. The van der Waals surface area contributed by atoms with Crippen molar-refractivity contribution >= 4 is 11.7 Å². The third kappa shape index (κ3) is 2.72. The summed E-state index contributed by atoms with van der Waals surface area (Å²) < 4.78 is 0. The van der Waals surface area contributed by atoms with Crippen LogP contribution in [0.3, 0.4) is 0 Å². The van der Waals surface area contributed by atoms with Crippen molar-refractivity contribution in [3.05, 3.63) is 24.0 Å². The number of pyridine rings is 1. The van der Waals surface area contributed by atoms with Crippen LogP contribution >= 0.6 is 0 Å². The summed E-state index contributed by atoms with van der Waals surface area (Å²) in [5, 5.41) is 9.07. The van der Waals surface area contributed by atoms with Crippen LogP contribution in [-0.2, 0) is 0 Å². The Morgan fingerprint density at radius 3 is 2.88 bits per heavy atom. The lowest BCUT2D eigenvalue weighted by atomic mass is 10.1. The summed E-state index contributed by atoms with van der Waals surface area (Å²) in [6.07, 6.45) is 5.22. The lowest BCUT2D eigenvalue weighted by Crippen LogP contribution is -2.30. The van der Waals surface area contributed by atoms with E-state index in [4.69, 9.17) is 5.11 Å². The minimum absolute atomic E-state index is 0.306. The van der Waals surface area contributed by atoms with Crippen LogP contribution in [0.15, 0.2) is 18.5 Å². The first-order chi connectivity index (χ1) is 7.57. The Balaban J connectivity index is 2.98. The molecule has 0 amide bonds. The van der Waals surface area contributed by atoms with Crippen LogP contribution in [-0.4, -0.2) is 29.1 Å². The van der Waals surface area contributed by atoms with Crippen LogP contribution in [0.25, 0.3) is 0 Å². The quantitative estimate of drug-likeness (QED) is 0.831. The molecule has 0 aromatic carbocycles. The first-order valence-electron chi connectivity index (χ1n) is 5.48. The average molecular weight is 222 g/mol. The Kier molecular flexibility index (Phi) is 4.28. The van der Waals surface area contributed by atoms with Crippen LogP contribution in [0, 0.1) is 0 Å². The molecule has 1 atom stereocenters.